The molecule has 0 spiro atoms. The van der Waals surface area contributed by atoms with E-state index in [0.29, 0.717) is 11.8 Å². The van der Waals surface area contributed by atoms with Gasteiger partial charge >= 0.3 is 12.1 Å². The Bertz CT molecular complexity index is 822. The highest BCUT2D eigenvalue weighted by atomic mass is 79.9. The molecule has 1 N–H and O–H groups in total. The molecular weight excluding hydrogens is 422 g/mol. The van der Waals surface area contributed by atoms with E-state index in [9.17, 15) is 9.59 Å². The minimum atomic E-state index is -0.769. The topological polar surface area (TPSA) is 64.6 Å². The van der Waals surface area contributed by atoms with Crippen molar-refractivity contribution in [2.24, 2.45) is 0 Å². The molecule has 3 rings (SSSR count). The van der Waals surface area contributed by atoms with Gasteiger partial charge in [-0.1, -0.05) is 77.1 Å². The molecule has 0 fully saturated rings. The average molecular weight is 444 g/mol. The van der Waals surface area contributed by atoms with Crippen LogP contribution >= 0.6 is 15.9 Å². The zero-order valence-electron chi connectivity index (χ0n) is 15.4. The van der Waals surface area contributed by atoms with E-state index in [1.807, 2.05) is 24.3 Å². The summed E-state index contributed by atoms with van der Waals surface area (Å²) in [5.41, 5.74) is 4.60. The monoisotopic (exact) mass is 443 g/mol. The molecule has 2 aromatic carbocycles. The van der Waals surface area contributed by atoms with Gasteiger partial charge in [-0.3, -0.25) is 0 Å². The number of ether oxygens (including phenoxy) is 2. The molecule has 0 aromatic heterocycles. The van der Waals surface area contributed by atoms with Gasteiger partial charge in [0.2, 0.25) is 0 Å². The van der Waals surface area contributed by atoms with E-state index in [1.54, 1.807) is 0 Å². The van der Waals surface area contributed by atoms with Crippen molar-refractivity contribution in [3.8, 4) is 11.1 Å². The number of hydrogen-bond acceptors (Lipinski definition) is 4. The first-order chi connectivity index (χ1) is 13.7. The maximum atomic E-state index is 12.3. The number of benzene rings is 2. The molecule has 1 amide bonds. The Balaban J connectivity index is 1.65. The molecule has 1 aliphatic carbocycles. The number of nitrogens with one attached hydrogen (secondary N) is 1. The summed E-state index contributed by atoms with van der Waals surface area (Å²) in [7, 11) is 0. The second kappa shape index (κ2) is 9.55. The van der Waals surface area contributed by atoms with Gasteiger partial charge in [0.1, 0.15) is 19.3 Å². The number of rotatable bonds is 8. The quantitative estimate of drug-likeness (QED) is 0.372. The number of esters is 1. The minimum Gasteiger partial charge on any atom is -0.460 e. The van der Waals surface area contributed by atoms with Gasteiger partial charge in [-0.25, -0.2) is 9.59 Å². The SMILES string of the molecule is C=CCOC(=O)[C@H](CCBr)NC(=O)OCC1c2ccccc2-c2ccccc21. The van der Waals surface area contributed by atoms with Crippen LogP contribution < -0.4 is 5.32 Å². The van der Waals surface area contributed by atoms with Gasteiger partial charge in [-0.15, -0.1) is 0 Å². The number of carbonyl (C=O) groups is 2. The van der Waals surface area contributed by atoms with Crippen LogP contribution in [0.2, 0.25) is 0 Å². The lowest BCUT2D eigenvalue weighted by atomic mass is 9.98. The molecule has 0 saturated heterocycles. The van der Waals surface area contributed by atoms with Crippen molar-refractivity contribution in [1.82, 2.24) is 5.32 Å². The molecule has 0 aliphatic heterocycles. The summed E-state index contributed by atoms with van der Waals surface area (Å²) in [5, 5.41) is 3.14. The molecule has 0 saturated carbocycles. The zero-order valence-corrected chi connectivity index (χ0v) is 17.0. The second-order valence-electron chi connectivity index (χ2n) is 6.42. The smallest absolute Gasteiger partial charge is 0.407 e. The first kappa shape index (κ1) is 20.1. The third-order valence-corrected chi connectivity index (χ3v) is 5.12. The van der Waals surface area contributed by atoms with Gasteiger partial charge in [0.25, 0.3) is 0 Å². The molecule has 28 heavy (non-hydrogen) atoms. The van der Waals surface area contributed by atoms with E-state index in [-0.39, 0.29) is 19.1 Å². The standard InChI is InChI=1S/C22H22BrNO4/c1-2-13-27-21(25)20(11-12-23)24-22(26)28-14-19-17-9-5-3-7-15(17)16-8-4-6-10-18(16)19/h2-10,19-20H,1,11-14H2,(H,24,26)/t20-/m0/s1. The van der Waals surface area contributed by atoms with Crippen molar-refractivity contribution in [2.45, 2.75) is 18.4 Å². The number of alkyl halides is 1. The molecule has 146 valence electrons. The summed E-state index contributed by atoms with van der Waals surface area (Å²) in [6.45, 7) is 3.81. The van der Waals surface area contributed by atoms with Crippen molar-refractivity contribution < 1.29 is 19.1 Å². The molecule has 5 nitrogen and oxygen atoms in total. The first-order valence-electron chi connectivity index (χ1n) is 9.10. The van der Waals surface area contributed by atoms with Gasteiger partial charge < -0.3 is 14.8 Å². The Morgan fingerprint density at radius 3 is 2.25 bits per heavy atom. The number of hydrogen-bond donors (Lipinski definition) is 1. The normalized spacial score (nSPS) is 13.2. The first-order valence-corrected chi connectivity index (χ1v) is 10.2. The van der Waals surface area contributed by atoms with Gasteiger partial charge in [0.05, 0.1) is 0 Å². The number of halogens is 1. The van der Waals surface area contributed by atoms with Crippen LogP contribution in [0.25, 0.3) is 11.1 Å². The van der Waals surface area contributed by atoms with Crippen molar-refractivity contribution in [3.05, 3.63) is 72.3 Å². The number of carbonyl (C=O) groups excluding carboxylic acids is 2. The molecule has 2 aromatic rings. The highest BCUT2D eigenvalue weighted by Gasteiger charge is 2.29. The van der Waals surface area contributed by atoms with Crippen LogP contribution in [0.1, 0.15) is 23.5 Å². The summed E-state index contributed by atoms with van der Waals surface area (Å²) >= 11 is 3.29. The average Bonchev–Trinajstić information content (AvgIpc) is 3.04. The van der Waals surface area contributed by atoms with Crippen LogP contribution in [0.4, 0.5) is 4.79 Å². The lowest BCUT2D eigenvalue weighted by Gasteiger charge is -2.18. The van der Waals surface area contributed by atoms with E-state index < -0.39 is 18.1 Å². The van der Waals surface area contributed by atoms with Gasteiger partial charge in [0.15, 0.2) is 0 Å². The van der Waals surface area contributed by atoms with E-state index in [1.165, 1.54) is 6.08 Å². The van der Waals surface area contributed by atoms with E-state index in [4.69, 9.17) is 9.47 Å². The van der Waals surface area contributed by atoms with Crippen LogP contribution in [-0.2, 0) is 14.3 Å². The minimum absolute atomic E-state index is 0.0273. The Labute approximate surface area is 172 Å². The predicted molar refractivity (Wildman–Crippen MR) is 112 cm³/mol. The molecule has 0 radical (unpaired) electrons. The van der Waals surface area contributed by atoms with Crippen molar-refractivity contribution in [1.29, 1.82) is 0 Å². The number of amides is 1. The largest absolute Gasteiger partial charge is 0.460 e. The lowest BCUT2D eigenvalue weighted by molar-refractivity contribution is -0.144. The molecular formula is C22H22BrNO4. The third-order valence-electron chi connectivity index (χ3n) is 4.66. The zero-order chi connectivity index (χ0) is 19.9. The maximum Gasteiger partial charge on any atom is 0.407 e. The lowest BCUT2D eigenvalue weighted by Crippen LogP contribution is -2.42. The fourth-order valence-electron chi connectivity index (χ4n) is 3.38. The number of alkyl carbamates (subject to hydrolysis) is 1. The van der Waals surface area contributed by atoms with E-state index in [2.05, 4.69) is 52.1 Å². The fraction of sp³-hybridized carbons (Fsp3) is 0.273. The fourth-order valence-corrected chi connectivity index (χ4v) is 3.84. The Kier molecular flexibility index (Phi) is 6.87. The highest BCUT2D eigenvalue weighted by Crippen LogP contribution is 2.44. The molecule has 1 aliphatic rings. The molecule has 0 unspecified atom stereocenters. The van der Waals surface area contributed by atoms with Crippen LogP contribution in [0.15, 0.2) is 61.2 Å². The Hall–Kier alpha value is -2.60. The van der Waals surface area contributed by atoms with Crippen LogP contribution in [-0.4, -0.2) is 36.6 Å². The summed E-state index contributed by atoms with van der Waals surface area (Å²) in [6.07, 6.45) is 1.25. The van der Waals surface area contributed by atoms with Gasteiger partial charge in [0, 0.05) is 11.2 Å². The number of fused-ring (bicyclic) bond motifs is 3. The maximum absolute atomic E-state index is 12.3. The molecule has 1 atom stereocenters. The van der Waals surface area contributed by atoms with Crippen molar-refractivity contribution in [2.75, 3.05) is 18.5 Å². The third kappa shape index (κ3) is 4.44. The predicted octanol–water partition coefficient (Wildman–Crippen LogP) is 4.41. The van der Waals surface area contributed by atoms with E-state index >= 15 is 0 Å². The van der Waals surface area contributed by atoms with Crippen LogP contribution in [0.5, 0.6) is 0 Å². The molecule has 0 bridgehead atoms. The summed E-state index contributed by atoms with van der Waals surface area (Å²) in [5.74, 6) is -0.534. The summed E-state index contributed by atoms with van der Waals surface area (Å²) in [4.78, 5) is 24.4. The van der Waals surface area contributed by atoms with Gasteiger partial charge in [-0.2, -0.15) is 0 Å². The Morgan fingerprint density at radius 1 is 1.07 bits per heavy atom. The molecule has 0 heterocycles. The summed E-state index contributed by atoms with van der Waals surface area (Å²) < 4.78 is 10.5. The van der Waals surface area contributed by atoms with Crippen LogP contribution in [0.3, 0.4) is 0 Å². The Morgan fingerprint density at radius 2 is 1.68 bits per heavy atom. The second-order valence-corrected chi connectivity index (χ2v) is 7.21. The van der Waals surface area contributed by atoms with Crippen molar-refractivity contribution >= 4 is 28.0 Å². The van der Waals surface area contributed by atoms with E-state index in [0.717, 1.165) is 22.3 Å². The highest BCUT2D eigenvalue weighted by molar-refractivity contribution is 9.09. The van der Waals surface area contributed by atoms with Crippen molar-refractivity contribution in [3.63, 3.8) is 0 Å². The van der Waals surface area contributed by atoms with Gasteiger partial charge in [-0.05, 0) is 28.7 Å². The molecule has 6 heteroatoms. The summed E-state index contributed by atoms with van der Waals surface area (Å²) in [6, 6.07) is 15.5. The van der Waals surface area contributed by atoms with Crippen LogP contribution in [0, 0.1) is 0 Å².